The van der Waals surface area contributed by atoms with Crippen LogP contribution in [0.3, 0.4) is 0 Å². The fourth-order valence-corrected chi connectivity index (χ4v) is 14.4. The molecule has 73 heavy (non-hydrogen) atoms. The van der Waals surface area contributed by atoms with E-state index in [0.717, 1.165) is 28.7 Å². The topological polar surface area (TPSA) is 207 Å². The van der Waals surface area contributed by atoms with Crippen LogP contribution in [0.4, 0.5) is 27.6 Å². The van der Waals surface area contributed by atoms with Crippen LogP contribution in [0.25, 0.3) is 39.7 Å². The number of thiophene rings is 4. The van der Waals surface area contributed by atoms with Gasteiger partial charge in [0.05, 0.1) is 23.9 Å². The maximum absolute atomic E-state index is 15.3. The van der Waals surface area contributed by atoms with Gasteiger partial charge in [-0.05, 0) is 47.5 Å². The van der Waals surface area contributed by atoms with Crippen molar-refractivity contribution in [2.75, 3.05) is 0 Å². The lowest BCUT2D eigenvalue weighted by molar-refractivity contribution is -0.164. The van der Waals surface area contributed by atoms with E-state index in [1.807, 2.05) is 0 Å². The zero-order valence-corrected chi connectivity index (χ0v) is 39.7. The second-order valence-electron chi connectivity index (χ2n) is 16.2. The summed E-state index contributed by atoms with van der Waals surface area (Å²) in [6.07, 6.45) is 0. The third-order valence-electron chi connectivity index (χ3n) is 12.2. The van der Waals surface area contributed by atoms with Crippen LogP contribution in [0, 0.1) is 68.6 Å². The van der Waals surface area contributed by atoms with Crippen molar-refractivity contribution in [1.29, 1.82) is 21.0 Å². The highest BCUT2D eigenvalue weighted by molar-refractivity contribution is 7.41. The van der Waals surface area contributed by atoms with Crippen molar-refractivity contribution >= 4 is 120 Å². The Bertz CT molecular complexity index is 4090. The minimum atomic E-state index is -2.37. The van der Waals surface area contributed by atoms with E-state index in [0.29, 0.717) is 57.9 Å². The number of ether oxygens (including phenoxy) is 2. The molecule has 12 nitrogen and oxygen atoms in total. The molecule has 0 N–H and O–H groups in total. The maximum atomic E-state index is 15.3. The standard InChI is InChI=1S/C53H20F4N6O6S4/c54-32-11-27-29(13-34(32)56)44(64)42(39(27)25(17-58)18-59)62-37-15-31-46(71-37)48-41(53(31,51(66)68-21-23-7-3-1-4-8-23)52(67)69-22-24-9-5-2-6-10-24)49-50(73-48)47-36(70-49)16-38(72-47)63-43-40(26(19-60)20-61)28-12-33(55)35(57)14-30(28)45(43)65/h1-16H,21-22H2/b62-42-,63-43+. The van der Waals surface area contributed by atoms with Gasteiger partial charge in [-0.1, -0.05) is 60.7 Å². The molecular weight excluding hydrogens is 1020 g/mol. The number of esters is 2. The maximum Gasteiger partial charge on any atom is 0.333 e. The fraction of sp³-hybridized carbons (Fsp3) is 0.0566. The molecule has 0 saturated heterocycles. The van der Waals surface area contributed by atoms with Gasteiger partial charge < -0.3 is 9.47 Å². The lowest BCUT2D eigenvalue weighted by atomic mass is 9.79. The number of benzene rings is 4. The quantitative estimate of drug-likeness (QED) is 0.0609. The van der Waals surface area contributed by atoms with Gasteiger partial charge in [0.25, 0.3) is 0 Å². The first-order valence-corrected chi connectivity index (χ1v) is 24.5. The summed E-state index contributed by atoms with van der Waals surface area (Å²) in [6.45, 7) is -0.546. The predicted molar refractivity (Wildman–Crippen MR) is 264 cm³/mol. The fourth-order valence-electron chi connectivity index (χ4n) is 8.94. The van der Waals surface area contributed by atoms with E-state index in [1.54, 1.807) is 91.0 Å². The number of ketones is 2. The molecule has 0 bridgehead atoms. The molecule has 20 heteroatoms. The number of hydrogen-bond donors (Lipinski definition) is 0. The number of hydrogen-bond acceptors (Lipinski definition) is 16. The van der Waals surface area contributed by atoms with Crippen molar-refractivity contribution in [1.82, 2.24) is 0 Å². The van der Waals surface area contributed by atoms with Gasteiger partial charge in [-0.2, -0.15) is 21.0 Å². The number of carbonyl (C=O) groups excluding carboxylic acids is 4. The number of allylic oxidation sites excluding steroid dienone is 4. The number of rotatable bonds is 8. The minimum absolute atomic E-state index is 0.00679. The van der Waals surface area contributed by atoms with Crippen LogP contribution in [0.1, 0.15) is 54.1 Å². The number of Topliss-reactive ketones (excluding diaryl/α,β-unsaturated/α-hetero) is 2. The molecule has 0 aliphatic heterocycles. The monoisotopic (exact) mass is 1040 g/mol. The third kappa shape index (κ3) is 7.15. The molecule has 4 aromatic heterocycles. The lowest BCUT2D eigenvalue weighted by Gasteiger charge is -2.26. The molecule has 3 aliphatic rings. The number of aliphatic imine (C=N–C) groups is 2. The van der Waals surface area contributed by atoms with E-state index < -0.39 is 69.0 Å². The number of fused-ring (bicyclic) bond motifs is 9. The van der Waals surface area contributed by atoms with Gasteiger partial charge in [-0.15, -0.1) is 45.3 Å². The summed E-state index contributed by atoms with van der Waals surface area (Å²) in [4.78, 5) is 68.2. The van der Waals surface area contributed by atoms with E-state index in [1.165, 1.54) is 28.7 Å². The highest BCUT2D eigenvalue weighted by Crippen LogP contribution is 2.63. The summed E-state index contributed by atoms with van der Waals surface area (Å²) in [7, 11) is 0. The molecule has 0 radical (unpaired) electrons. The molecule has 0 spiro atoms. The predicted octanol–water partition coefficient (Wildman–Crippen LogP) is 12.1. The smallest absolute Gasteiger partial charge is 0.333 e. The van der Waals surface area contributed by atoms with Gasteiger partial charge in [0.15, 0.2) is 23.3 Å². The summed E-state index contributed by atoms with van der Waals surface area (Å²) in [5, 5.41) is 39.8. The van der Waals surface area contributed by atoms with Crippen LogP contribution in [0.15, 0.2) is 118 Å². The van der Waals surface area contributed by atoms with Crippen molar-refractivity contribution < 1.29 is 46.2 Å². The Morgan fingerprint density at radius 1 is 0.534 bits per heavy atom. The molecule has 0 amide bonds. The normalized spacial score (nSPS) is 14.9. The number of nitrogens with zero attached hydrogens (tertiary/aromatic N) is 6. The number of nitriles is 4. The van der Waals surface area contributed by atoms with Crippen molar-refractivity contribution in [3.8, 4) is 34.0 Å². The third-order valence-corrected chi connectivity index (χ3v) is 17.1. The SMILES string of the molecule is N#CC(C#N)=C1/C(=N/c2cc3c(s2)-c2sc4c(sc5cc(/N=C6/C(=O)c7cc(F)c(F)cc7C6=C(C#N)C#N)sc54)c2C3(C(=O)OCc2ccccc2)C(=O)OCc2ccccc2)C(=O)c2cc(F)c(F)cc21. The summed E-state index contributed by atoms with van der Waals surface area (Å²) < 4.78 is 72.5. The highest BCUT2D eigenvalue weighted by Gasteiger charge is 2.61. The van der Waals surface area contributed by atoms with Gasteiger partial charge in [0.1, 0.15) is 70.1 Å². The molecule has 0 atom stereocenters. The molecular formula is C53H20F4N6O6S4. The van der Waals surface area contributed by atoms with Crippen LogP contribution in [0.2, 0.25) is 0 Å². The average molecular weight is 1040 g/mol. The minimum Gasteiger partial charge on any atom is -0.459 e. The van der Waals surface area contributed by atoms with E-state index in [4.69, 9.17) is 9.47 Å². The zero-order valence-electron chi connectivity index (χ0n) is 36.4. The molecule has 11 rings (SSSR count). The second-order valence-corrected chi connectivity index (χ2v) is 20.3. The van der Waals surface area contributed by atoms with Crippen LogP contribution >= 0.6 is 45.3 Å². The van der Waals surface area contributed by atoms with Crippen LogP contribution in [-0.2, 0) is 37.7 Å². The van der Waals surface area contributed by atoms with E-state index in [2.05, 4.69) is 9.98 Å². The summed E-state index contributed by atoms with van der Waals surface area (Å²) >= 11 is 4.38. The molecule has 4 aromatic carbocycles. The first-order chi connectivity index (χ1) is 35.3. The van der Waals surface area contributed by atoms with Crippen LogP contribution < -0.4 is 0 Å². The van der Waals surface area contributed by atoms with Gasteiger partial charge in [0.2, 0.25) is 17.0 Å². The Morgan fingerprint density at radius 3 is 1.45 bits per heavy atom. The van der Waals surface area contributed by atoms with Crippen molar-refractivity contribution in [2.45, 2.75) is 18.6 Å². The van der Waals surface area contributed by atoms with E-state index in [-0.39, 0.29) is 73.5 Å². The highest BCUT2D eigenvalue weighted by atomic mass is 32.1. The zero-order chi connectivity index (χ0) is 51.0. The molecule has 0 unspecified atom stereocenters. The molecule has 350 valence electrons. The molecule has 8 aromatic rings. The molecule has 4 heterocycles. The molecule has 0 fully saturated rings. The van der Waals surface area contributed by atoms with E-state index >= 15 is 9.59 Å². The van der Waals surface area contributed by atoms with E-state index in [9.17, 15) is 48.2 Å². The summed E-state index contributed by atoms with van der Waals surface area (Å²) in [6, 6.07) is 30.0. The lowest BCUT2D eigenvalue weighted by Crippen LogP contribution is -2.45. The van der Waals surface area contributed by atoms with Crippen LogP contribution in [-0.4, -0.2) is 34.9 Å². The largest absolute Gasteiger partial charge is 0.459 e. The number of carbonyl (C=O) groups is 4. The Labute approximate surface area is 423 Å². The van der Waals surface area contributed by atoms with Crippen molar-refractivity contribution in [3.05, 3.63) is 176 Å². The average Bonchev–Trinajstić information content (AvgIpc) is 4.29. The first kappa shape index (κ1) is 46.4. The van der Waals surface area contributed by atoms with Gasteiger partial charge in [-0.3, -0.25) is 19.2 Å². The van der Waals surface area contributed by atoms with Gasteiger partial charge >= 0.3 is 11.9 Å². The van der Waals surface area contributed by atoms with Gasteiger partial charge in [-0.25, -0.2) is 27.5 Å². The summed E-state index contributed by atoms with van der Waals surface area (Å²) in [5.41, 5.74) is -4.57. The van der Waals surface area contributed by atoms with Crippen LogP contribution in [0.5, 0.6) is 0 Å². The van der Waals surface area contributed by atoms with Crippen molar-refractivity contribution in [3.63, 3.8) is 0 Å². The summed E-state index contributed by atoms with van der Waals surface area (Å²) in [5.74, 6) is -9.13. The number of halogens is 4. The molecule has 3 aliphatic carbocycles. The Hall–Kier alpha value is -9.02. The molecule has 0 saturated carbocycles. The Kier molecular flexibility index (Phi) is 11.2. The van der Waals surface area contributed by atoms with Crippen molar-refractivity contribution in [2.24, 2.45) is 9.98 Å². The first-order valence-electron chi connectivity index (χ1n) is 21.2. The Balaban J connectivity index is 1.12. The Morgan fingerprint density at radius 2 is 0.986 bits per heavy atom. The van der Waals surface area contributed by atoms with Gasteiger partial charge in [0, 0.05) is 49.2 Å². The second kappa shape index (κ2) is 17.7.